The van der Waals surface area contributed by atoms with Crippen molar-refractivity contribution in [2.24, 2.45) is 0 Å². The number of hydrogen-bond acceptors (Lipinski definition) is 4. The summed E-state index contributed by atoms with van der Waals surface area (Å²) in [5.74, 6) is -0.0212. The summed E-state index contributed by atoms with van der Waals surface area (Å²) >= 11 is 0. The molecule has 1 aliphatic rings. The summed E-state index contributed by atoms with van der Waals surface area (Å²) in [4.78, 5) is 12.4. The molecule has 1 fully saturated rings. The lowest BCUT2D eigenvalue weighted by molar-refractivity contribution is -0.121. The molecule has 1 saturated heterocycles. The molecule has 3 rings (SSSR count). The van der Waals surface area contributed by atoms with Crippen molar-refractivity contribution < 1.29 is 9.53 Å². The van der Waals surface area contributed by atoms with E-state index in [-0.39, 0.29) is 24.5 Å². The average molecular weight is 331 g/mol. The zero-order chi connectivity index (χ0) is 17.1. The van der Waals surface area contributed by atoms with Gasteiger partial charge in [-0.05, 0) is 39.3 Å². The molecule has 0 unspecified atom stereocenters. The largest absolute Gasteiger partial charge is 0.370 e. The third kappa shape index (κ3) is 3.51. The Morgan fingerprint density at radius 3 is 3.00 bits per heavy atom. The molecule has 0 saturated carbocycles. The van der Waals surface area contributed by atoms with Crippen LogP contribution in [0, 0.1) is 0 Å². The first-order valence-corrected chi connectivity index (χ1v) is 8.55. The Labute approximate surface area is 142 Å². The number of aryl methyl sites for hydroxylation is 1. The number of amides is 1. The van der Waals surface area contributed by atoms with Crippen molar-refractivity contribution in [3.8, 4) is 0 Å². The van der Waals surface area contributed by atoms with Crippen molar-refractivity contribution in [2.75, 3.05) is 6.61 Å². The second-order valence-electron chi connectivity index (χ2n) is 6.38. The minimum atomic E-state index is -0.135. The normalized spacial score (nSPS) is 20.7. The van der Waals surface area contributed by atoms with E-state index in [1.54, 1.807) is 6.20 Å². The number of aromatic nitrogens is 4. The zero-order valence-electron chi connectivity index (χ0n) is 14.5. The highest BCUT2D eigenvalue weighted by molar-refractivity contribution is 5.78. The predicted octanol–water partition coefficient (Wildman–Crippen LogP) is 1.87. The number of carbonyl (C=O) groups excluding carboxylic acids is 1. The Hall–Kier alpha value is -2.15. The van der Waals surface area contributed by atoms with Gasteiger partial charge in [-0.15, -0.1) is 0 Å². The fourth-order valence-electron chi connectivity index (χ4n) is 3.06. The van der Waals surface area contributed by atoms with Crippen molar-refractivity contribution in [2.45, 2.75) is 58.3 Å². The summed E-state index contributed by atoms with van der Waals surface area (Å²) in [6.45, 7) is 7.61. The number of nitrogens with one attached hydrogen (secondary N) is 1. The molecular formula is C17H25N5O2. The van der Waals surface area contributed by atoms with Crippen molar-refractivity contribution in [3.63, 3.8) is 0 Å². The monoisotopic (exact) mass is 331 g/mol. The van der Waals surface area contributed by atoms with Crippen LogP contribution < -0.4 is 5.32 Å². The van der Waals surface area contributed by atoms with E-state index in [2.05, 4.69) is 29.4 Å². The van der Waals surface area contributed by atoms with E-state index in [1.807, 2.05) is 34.6 Å². The van der Waals surface area contributed by atoms with Gasteiger partial charge in [0.25, 0.3) is 0 Å². The molecule has 2 aromatic rings. The fraction of sp³-hybridized carbons (Fsp3) is 0.588. The van der Waals surface area contributed by atoms with Crippen molar-refractivity contribution in [3.05, 3.63) is 35.9 Å². The minimum Gasteiger partial charge on any atom is -0.370 e. The maximum absolute atomic E-state index is 12.4. The quantitative estimate of drug-likeness (QED) is 0.877. The van der Waals surface area contributed by atoms with Crippen molar-refractivity contribution >= 4 is 5.91 Å². The Balaban J connectivity index is 1.62. The molecule has 24 heavy (non-hydrogen) atoms. The molecule has 0 aliphatic carbocycles. The maximum atomic E-state index is 12.4. The van der Waals surface area contributed by atoms with Crippen LogP contribution in [-0.4, -0.2) is 38.1 Å². The third-order valence-electron chi connectivity index (χ3n) is 4.31. The van der Waals surface area contributed by atoms with E-state index >= 15 is 0 Å². The summed E-state index contributed by atoms with van der Waals surface area (Å²) in [7, 11) is 0. The highest BCUT2D eigenvalue weighted by atomic mass is 16.5. The van der Waals surface area contributed by atoms with Gasteiger partial charge < -0.3 is 10.1 Å². The first-order valence-electron chi connectivity index (χ1n) is 8.55. The van der Waals surface area contributed by atoms with Gasteiger partial charge in [0.1, 0.15) is 6.10 Å². The van der Waals surface area contributed by atoms with E-state index in [0.717, 1.165) is 24.4 Å². The number of hydrogen-bond donors (Lipinski definition) is 1. The minimum absolute atomic E-state index is 0.0212. The second-order valence-corrected chi connectivity index (χ2v) is 6.38. The predicted molar refractivity (Wildman–Crippen MR) is 89.5 cm³/mol. The molecule has 1 N–H and O–H groups in total. The Bertz CT molecular complexity index is 691. The lowest BCUT2D eigenvalue weighted by atomic mass is 10.1. The van der Waals surface area contributed by atoms with Gasteiger partial charge in [0.15, 0.2) is 0 Å². The first kappa shape index (κ1) is 16.7. The van der Waals surface area contributed by atoms with E-state index in [4.69, 9.17) is 4.74 Å². The molecule has 7 heteroatoms. The topological polar surface area (TPSA) is 74.0 Å². The van der Waals surface area contributed by atoms with E-state index in [1.165, 1.54) is 0 Å². The van der Waals surface area contributed by atoms with Gasteiger partial charge in [-0.2, -0.15) is 10.2 Å². The van der Waals surface area contributed by atoms with Gasteiger partial charge in [-0.25, -0.2) is 0 Å². The van der Waals surface area contributed by atoms with E-state index in [0.29, 0.717) is 12.6 Å². The molecule has 0 spiro atoms. The van der Waals surface area contributed by atoms with Crippen LogP contribution in [0.4, 0.5) is 0 Å². The van der Waals surface area contributed by atoms with Crippen LogP contribution in [0.2, 0.25) is 0 Å². The summed E-state index contributed by atoms with van der Waals surface area (Å²) < 4.78 is 9.62. The Kier molecular flexibility index (Phi) is 4.99. The smallest absolute Gasteiger partial charge is 0.226 e. The Morgan fingerprint density at radius 2 is 2.29 bits per heavy atom. The van der Waals surface area contributed by atoms with Crippen LogP contribution in [0.15, 0.2) is 24.5 Å². The molecule has 0 radical (unpaired) electrons. The summed E-state index contributed by atoms with van der Waals surface area (Å²) in [5.41, 5.74) is 1.81. The van der Waals surface area contributed by atoms with Crippen molar-refractivity contribution in [1.29, 1.82) is 0 Å². The second kappa shape index (κ2) is 7.17. The average Bonchev–Trinajstić information content (AvgIpc) is 3.25. The molecule has 7 nitrogen and oxygen atoms in total. The highest BCUT2D eigenvalue weighted by Gasteiger charge is 2.33. The first-order chi connectivity index (χ1) is 11.6. The molecule has 2 atom stereocenters. The van der Waals surface area contributed by atoms with Gasteiger partial charge in [-0.1, -0.05) is 0 Å². The van der Waals surface area contributed by atoms with E-state index in [9.17, 15) is 4.79 Å². The maximum Gasteiger partial charge on any atom is 0.226 e. The lowest BCUT2D eigenvalue weighted by Gasteiger charge is -2.20. The molecule has 0 bridgehead atoms. The standard InChI is InChI=1S/C17H25N5O2/c1-4-21-15(5-8-18-21)17-14(7-10-24-17)19-16(23)11-13-6-9-22(20-13)12(2)3/h5-6,8-9,12,14,17H,4,7,10-11H2,1-3H3,(H,19,23)/t14-,17-/m1/s1. The fourth-order valence-corrected chi connectivity index (χ4v) is 3.06. The van der Waals surface area contributed by atoms with E-state index < -0.39 is 0 Å². The zero-order valence-corrected chi connectivity index (χ0v) is 14.5. The van der Waals surface area contributed by atoms with Crippen LogP contribution in [0.1, 0.15) is 50.7 Å². The molecule has 1 aliphatic heterocycles. The van der Waals surface area contributed by atoms with Gasteiger partial charge in [0, 0.05) is 31.6 Å². The van der Waals surface area contributed by atoms with Gasteiger partial charge in [-0.3, -0.25) is 14.2 Å². The van der Waals surface area contributed by atoms with Crippen LogP contribution in [0.25, 0.3) is 0 Å². The summed E-state index contributed by atoms with van der Waals surface area (Å²) in [6, 6.07) is 4.13. The van der Waals surface area contributed by atoms with Gasteiger partial charge >= 0.3 is 0 Å². The number of rotatable bonds is 6. The molecule has 3 heterocycles. The number of carbonyl (C=O) groups is 1. The van der Waals surface area contributed by atoms with Gasteiger partial charge in [0.05, 0.1) is 23.9 Å². The molecule has 1 amide bonds. The molecular weight excluding hydrogens is 306 g/mol. The Morgan fingerprint density at radius 1 is 1.46 bits per heavy atom. The van der Waals surface area contributed by atoms with Crippen LogP contribution in [-0.2, 0) is 22.5 Å². The molecule has 2 aromatic heterocycles. The summed E-state index contributed by atoms with van der Waals surface area (Å²) in [6.07, 6.45) is 4.65. The van der Waals surface area contributed by atoms with Crippen LogP contribution in [0.5, 0.6) is 0 Å². The number of nitrogens with zero attached hydrogens (tertiary/aromatic N) is 4. The van der Waals surface area contributed by atoms with Gasteiger partial charge in [0.2, 0.25) is 5.91 Å². The van der Waals surface area contributed by atoms with Crippen molar-refractivity contribution in [1.82, 2.24) is 24.9 Å². The van der Waals surface area contributed by atoms with Crippen LogP contribution >= 0.6 is 0 Å². The number of ether oxygens (including phenoxy) is 1. The van der Waals surface area contributed by atoms with Crippen LogP contribution in [0.3, 0.4) is 0 Å². The molecule has 0 aromatic carbocycles. The molecule has 130 valence electrons. The SMILES string of the molecule is CCn1nccc1[C@@H]1OCC[C@H]1NC(=O)Cc1ccn(C(C)C)n1. The third-order valence-corrected chi connectivity index (χ3v) is 4.31. The lowest BCUT2D eigenvalue weighted by Crippen LogP contribution is -2.38. The summed E-state index contributed by atoms with van der Waals surface area (Å²) in [5, 5.41) is 11.8. The highest BCUT2D eigenvalue weighted by Crippen LogP contribution is 2.29.